The van der Waals surface area contributed by atoms with E-state index in [-0.39, 0.29) is 5.75 Å². The molecule has 0 radical (unpaired) electrons. The van der Waals surface area contributed by atoms with E-state index in [0.29, 0.717) is 35.4 Å². The molecule has 4 aromatic rings. The highest BCUT2D eigenvalue weighted by molar-refractivity contribution is 6.50. The van der Waals surface area contributed by atoms with Crippen LogP contribution in [0.2, 0.25) is 0 Å². The van der Waals surface area contributed by atoms with Gasteiger partial charge in [0.1, 0.15) is 5.75 Å². The minimum Gasteiger partial charge on any atom is -0.508 e. The fraction of sp³-hybridized carbons (Fsp3) is 0.130. The van der Waals surface area contributed by atoms with Gasteiger partial charge in [0, 0.05) is 52.4 Å². The molecule has 0 aliphatic carbocycles. The van der Waals surface area contributed by atoms with Crippen molar-refractivity contribution in [2.45, 2.75) is 13.0 Å². The lowest BCUT2D eigenvalue weighted by Crippen LogP contribution is -2.22. The van der Waals surface area contributed by atoms with Gasteiger partial charge in [-0.15, -0.1) is 0 Å². The lowest BCUT2D eigenvalue weighted by Gasteiger charge is -2.03. The van der Waals surface area contributed by atoms with Crippen molar-refractivity contribution in [2.24, 2.45) is 5.73 Å². The highest BCUT2D eigenvalue weighted by Gasteiger charge is 2.35. The monoisotopic (exact) mass is 400 g/mol. The summed E-state index contributed by atoms with van der Waals surface area (Å²) >= 11 is 0. The summed E-state index contributed by atoms with van der Waals surface area (Å²) in [6.07, 6.45) is 4.37. The van der Waals surface area contributed by atoms with Crippen molar-refractivity contribution < 1.29 is 14.7 Å². The minimum absolute atomic E-state index is 0.138. The average molecular weight is 400 g/mol. The molecule has 0 saturated carbocycles. The van der Waals surface area contributed by atoms with Crippen molar-refractivity contribution in [3.63, 3.8) is 0 Å². The van der Waals surface area contributed by atoms with Crippen LogP contribution in [0.4, 0.5) is 0 Å². The second-order valence-corrected chi connectivity index (χ2v) is 7.36. The highest BCUT2D eigenvalue weighted by Crippen LogP contribution is 2.38. The van der Waals surface area contributed by atoms with Crippen LogP contribution < -0.4 is 11.1 Å². The number of benzene rings is 2. The van der Waals surface area contributed by atoms with Crippen LogP contribution >= 0.6 is 0 Å². The zero-order valence-corrected chi connectivity index (χ0v) is 16.1. The molecule has 5 rings (SSSR count). The lowest BCUT2D eigenvalue weighted by molar-refractivity contribution is -0.122. The normalized spacial score (nSPS) is 14.3. The van der Waals surface area contributed by atoms with Crippen LogP contribution in [-0.2, 0) is 16.1 Å². The van der Waals surface area contributed by atoms with E-state index in [1.54, 1.807) is 24.4 Å². The number of nitrogens with one attached hydrogen (secondary N) is 2. The first-order valence-corrected chi connectivity index (χ1v) is 9.77. The SMILES string of the molecule is NCCCn1cc(C2=C(c3c[nH]c4ccccc34)C(=O)NC2=O)c2ccc(O)cc21. The van der Waals surface area contributed by atoms with Gasteiger partial charge in [-0.05, 0) is 31.2 Å². The fourth-order valence-electron chi connectivity index (χ4n) is 4.17. The Kier molecular flexibility index (Phi) is 4.18. The summed E-state index contributed by atoms with van der Waals surface area (Å²) in [6, 6.07) is 12.7. The molecule has 5 N–H and O–H groups in total. The standard InChI is InChI=1S/C23H20N4O3/c24-8-3-9-27-12-17(15-7-6-13(28)10-19(15)27)21-20(22(29)26-23(21)30)16-11-25-18-5-2-1-4-14(16)18/h1-2,4-7,10-12,25,28H,3,8-9,24H2,(H,26,29,30). The van der Waals surface area contributed by atoms with E-state index in [1.807, 2.05) is 35.0 Å². The van der Waals surface area contributed by atoms with Crippen LogP contribution in [0.1, 0.15) is 17.5 Å². The predicted molar refractivity (Wildman–Crippen MR) is 116 cm³/mol. The van der Waals surface area contributed by atoms with Crippen molar-refractivity contribution >= 4 is 44.8 Å². The number of H-pyrrole nitrogens is 1. The third-order valence-corrected chi connectivity index (χ3v) is 5.53. The van der Waals surface area contributed by atoms with Crippen molar-refractivity contribution in [3.8, 4) is 5.75 Å². The van der Waals surface area contributed by atoms with Crippen LogP contribution in [0.3, 0.4) is 0 Å². The van der Waals surface area contributed by atoms with Gasteiger partial charge in [-0.2, -0.15) is 0 Å². The van der Waals surface area contributed by atoms with Crippen LogP contribution in [0.5, 0.6) is 5.75 Å². The molecule has 7 nitrogen and oxygen atoms in total. The second kappa shape index (κ2) is 6.89. The number of aromatic amines is 1. The molecule has 2 amide bonds. The first-order chi connectivity index (χ1) is 14.6. The summed E-state index contributed by atoms with van der Waals surface area (Å²) < 4.78 is 1.97. The van der Waals surface area contributed by atoms with Crippen molar-refractivity contribution in [2.75, 3.05) is 6.54 Å². The summed E-state index contributed by atoms with van der Waals surface area (Å²) in [5.41, 5.74) is 9.39. The van der Waals surface area contributed by atoms with Crippen LogP contribution in [0.15, 0.2) is 54.9 Å². The molecule has 0 saturated heterocycles. The average Bonchev–Trinajstić information content (AvgIpc) is 3.39. The molecule has 3 heterocycles. The summed E-state index contributed by atoms with van der Waals surface area (Å²) in [5, 5.41) is 14.1. The molecule has 2 aromatic heterocycles. The van der Waals surface area contributed by atoms with Gasteiger partial charge in [-0.1, -0.05) is 18.2 Å². The van der Waals surface area contributed by atoms with Gasteiger partial charge >= 0.3 is 0 Å². The van der Waals surface area contributed by atoms with E-state index in [0.717, 1.165) is 28.2 Å². The number of aromatic nitrogens is 2. The van der Waals surface area contributed by atoms with Crippen molar-refractivity contribution in [1.29, 1.82) is 0 Å². The van der Waals surface area contributed by atoms with E-state index in [2.05, 4.69) is 10.3 Å². The largest absolute Gasteiger partial charge is 0.508 e. The molecule has 30 heavy (non-hydrogen) atoms. The lowest BCUT2D eigenvalue weighted by atomic mass is 9.95. The smallest absolute Gasteiger partial charge is 0.259 e. The number of carbonyl (C=O) groups is 2. The maximum Gasteiger partial charge on any atom is 0.259 e. The third-order valence-electron chi connectivity index (χ3n) is 5.53. The number of aryl methyl sites for hydroxylation is 1. The Balaban J connectivity index is 1.80. The van der Waals surface area contributed by atoms with E-state index in [4.69, 9.17) is 5.73 Å². The van der Waals surface area contributed by atoms with E-state index in [9.17, 15) is 14.7 Å². The number of phenols is 1. The fourth-order valence-corrected chi connectivity index (χ4v) is 4.17. The molecule has 1 aliphatic heterocycles. The molecule has 7 heteroatoms. The predicted octanol–water partition coefficient (Wildman–Crippen LogP) is 2.74. The van der Waals surface area contributed by atoms with Crippen LogP contribution in [0.25, 0.3) is 33.0 Å². The van der Waals surface area contributed by atoms with E-state index in [1.165, 1.54) is 0 Å². The number of nitrogens with two attached hydrogens (primary N) is 1. The number of amides is 2. The molecule has 0 atom stereocenters. The number of imide groups is 1. The van der Waals surface area contributed by atoms with Gasteiger partial charge in [0.2, 0.25) is 0 Å². The number of para-hydroxylation sites is 1. The third kappa shape index (κ3) is 2.71. The number of hydrogen-bond donors (Lipinski definition) is 4. The number of phenolic OH excluding ortho intramolecular Hbond substituents is 1. The number of rotatable bonds is 5. The number of fused-ring (bicyclic) bond motifs is 2. The maximum absolute atomic E-state index is 12.9. The second-order valence-electron chi connectivity index (χ2n) is 7.36. The molecule has 0 spiro atoms. The Morgan fingerprint density at radius 3 is 2.53 bits per heavy atom. The first kappa shape index (κ1) is 18.2. The Bertz CT molecular complexity index is 1360. The molecule has 2 aromatic carbocycles. The first-order valence-electron chi connectivity index (χ1n) is 9.77. The highest BCUT2D eigenvalue weighted by atomic mass is 16.3. The maximum atomic E-state index is 12.9. The van der Waals surface area contributed by atoms with Gasteiger partial charge in [0.25, 0.3) is 11.8 Å². The van der Waals surface area contributed by atoms with Gasteiger partial charge in [0.15, 0.2) is 0 Å². The summed E-state index contributed by atoms with van der Waals surface area (Å²) in [6.45, 7) is 1.16. The zero-order valence-electron chi connectivity index (χ0n) is 16.1. The van der Waals surface area contributed by atoms with Gasteiger partial charge in [0.05, 0.1) is 16.7 Å². The molecular formula is C23H20N4O3. The summed E-state index contributed by atoms with van der Waals surface area (Å²) in [4.78, 5) is 28.9. The molecule has 0 fully saturated rings. The van der Waals surface area contributed by atoms with Crippen molar-refractivity contribution in [3.05, 3.63) is 66.0 Å². The van der Waals surface area contributed by atoms with Crippen LogP contribution in [0, 0.1) is 0 Å². The number of nitrogens with zero attached hydrogens (tertiary/aromatic N) is 1. The number of aromatic hydroxyl groups is 1. The Hall–Kier alpha value is -3.84. The molecule has 1 aliphatic rings. The van der Waals surface area contributed by atoms with Crippen LogP contribution in [-0.4, -0.2) is 33.0 Å². The Morgan fingerprint density at radius 2 is 1.73 bits per heavy atom. The Morgan fingerprint density at radius 1 is 0.967 bits per heavy atom. The summed E-state index contributed by atoms with van der Waals surface area (Å²) in [5.74, 6) is -0.702. The zero-order chi connectivity index (χ0) is 20.8. The van der Waals surface area contributed by atoms with E-state index >= 15 is 0 Å². The topological polar surface area (TPSA) is 113 Å². The number of carbonyl (C=O) groups excluding carboxylic acids is 2. The van der Waals surface area contributed by atoms with Gasteiger partial charge in [-0.25, -0.2) is 0 Å². The molecular weight excluding hydrogens is 380 g/mol. The molecule has 0 bridgehead atoms. The van der Waals surface area contributed by atoms with Gasteiger partial charge < -0.3 is 20.4 Å². The molecule has 0 unspecified atom stereocenters. The minimum atomic E-state index is -0.425. The summed E-state index contributed by atoms with van der Waals surface area (Å²) in [7, 11) is 0. The van der Waals surface area contributed by atoms with E-state index < -0.39 is 11.8 Å². The Labute approximate surface area is 171 Å². The number of hydrogen-bond acceptors (Lipinski definition) is 4. The molecule has 150 valence electrons. The quantitative estimate of drug-likeness (QED) is 0.386. The van der Waals surface area contributed by atoms with Crippen molar-refractivity contribution in [1.82, 2.24) is 14.9 Å². The van der Waals surface area contributed by atoms with Gasteiger partial charge in [-0.3, -0.25) is 14.9 Å².